The summed E-state index contributed by atoms with van der Waals surface area (Å²) in [6, 6.07) is 12.5. The molecule has 0 aromatic heterocycles. The zero-order valence-corrected chi connectivity index (χ0v) is 16.4. The van der Waals surface area contributed by atoms with Crippen molar-refractivity contribution in [3.05, 3.63) is 59.2 Å². The van der Waals surface area contributed by atoms with Gasteiger partial charge in [0.1, 0.15) is 17.1 Å². The first-order valence-electron chi connectivity index (χ1n) is 9.64. The summed E-state index contributed by atoms with van der Waals surface area (Å²) in [7, 11) is 2.98. The van der Waals surface area contributed by atoms with Gasteiger partial charge in [0.05, 0.1) is 14.2 Å². The van der Waals surface area contributed by atoms with Gasteiger partial charge in [-0.15, -0.1) is 0 Å². The maximum absolute atomic E-state index is 12.4. The molecule has 148 valence electrons. The molecule has 0 unspecified atom stereocenters. The minimum atomic E-state index is -0.622. The van der Waals surface area contributed by atoms with Crippen molar-refractivity contribution in [3.63, 3.8) is 0 Å². The Morgan fingerprint density at radius 2 is 1.64 bits per heavy atom. The average molecular weight is 382 g/mol. The van der Waals surface area contributed by atoms with E-state index in [9.17, 15) is 9.59 Å². The van der Waals surface area contributed by atoms with Gasteiger partial charge in [-0.1, -0.05) is 43.5 Å². The summed E-state index contributed by atoms with van der Waals surface area (Å²) in [4.78, 5) is 24.8. The standard InChI is InChI=1S/C23H26O5/c1-26-19-12-13-22(27-2)20(14-19)23(25)28-15-21(24)18-10-8-17(9-11-18)16-6-4-3-5-7-16/h8-14,16H,3-7,15H2,1-2H3. The summed E-state index contributed by atoms with van der Waals surface area (Å²) in [5.74, 6) is 0.622. The molecule has 1 aliphatic rings. The maximum atomic E-state index is 12.4. The molecule has 0 amide bonds. The first-order chi connectivity index (χ1) is 13.6. The molecule has 1 fully saturated rings. The molecular weight excluding hydrogens is 356 g/mol. The van der Waals surface area contributed by atoms with Crippen LogP contribution in [0.5, 0.6) is 11.5 Å². The number of methoxy groups -OCH3 is 2. The van der Waals surface area contributed by atoms with Crippen LogP contribution in [0.4, 0.5) is 0 Å². The molecular formula is C23H26O5. The number of carbonyl (C=O) groups is 2. The van der Waals surface area contributed by atoms with Crippen LogP contribution < -0.4 is 9.47 Å². The van der Waals surface area contributed by atoms with Gasteiger partial charge in [-0.25, -0.2) is 4.79 Å². The highest BCUT2D eigenvalue weighted by Gasteiger charge is 2.18. The normalized spacial score (nSPS) is 14.4. The largest absolute Gasteiger partial charge is 0.497 e. The molecule has 3 rings (SSSR count). The molecule has 0 bridgehead atoms. The van der Waals surface area contributed by atoms with E-state index in [2.05, 4.69) is 0 Å². The number of esters is 1. The number of ether oxygens (including phenoxy) is 3. The van der Waals surface area contributed by atoms with Crippen molar-refractivity contribution >= 4 is 11.8 Å². The quantitative estimate of drug-likeness (QED) is 0.509. The Balaban J connectivity index is 1.61. The van der Waals surface area contributed by atoms with E-state index >= 15 is 0 Å². The predicted molar refractivity (Wildman–Crippen MR) is 106 cm³/mol. The van der Waals surface area contributed by atoms with Crippen molar-refractivity contribution in [1.82, 2.24) is 0 Å². The molecule has 2 aromatic carbocycles. The highest BCUT2D eigenvalue weighted by molar-refractivity contribution is 6.00. The third kappa shape index (κ3) is 4.71. The lowest BCUT2D eigenvalue weighted by atomic mass is 9.84. The van der Waals surface area contributed by atoms with E-state index in [1.807, 2.05) is 24.3 Å². The monoisotopic (exact) mass is 382 g/mol. The first-order valence-corrected chi connectivity index (χ1v) is 9.64. The summed E-state index contributed by atoms with van der Waals surface area (Å²) in [6.07, 6.45) is 6.29. The van der Waals surface area contributed by atoms with Crippen LogP contribution in [0.25, 0.3) is 0 Å². The lowest BCUT2D eigenvalue weighted by Gasteiger charge is -2.22. The third-order valence-electron chi connectivity index (χ3n) is 5.27. The summed E-state index contributed by atoms with van der Waals surface area (Å²) >= 11 is 0. The van der Waals surface area contributed by atoms with Crippen LogP contribution in [0.15, 0.2) is 42.5 Å². The smallest absolute Gasteiger partial charge is 0.342 e. The Morgan fingerprint density at radius 1 is 0.929 bits per heavy atom. The van der Waals surface area contributed by atoms with Crippen LogP contribution in [0.1, 0.15) is 64.3 Å². The molecule has 0 spiro atoms. The molecule has 5 nitrogen and oxygen atoms in total. The Kier molecular flexibility index (Phi) is 6.69. The van der Waals surface area contributed by atoms with Crippen LogP contribution in [0.3, 0.4) is 0 Å². The number of Topliss-reactive ketones (excluding diaryl/α,β-unsaturated/α-hetero) is 1. The van der Waals surface area contributed by atoms with Gasteiger partial charge in [-0.2, -0.15) is 0 Å². The fourth-order valence-corrected chi connectivity index (χ4v) is 3.64. The average Bonchev–Trinajstić information content (AvgIpc) is 2.77. The lowest BCUT2D eigenvalue weighted by molar-refractivity contribution is 0.0471. The van der Waals surface area contributed by atoms with Gasteiger partial charge in [0, 0.05) is 5.56 Å². The van der Waals surface area contributed by atoms with Crippen molar-refractivity contribution in [2.45, 2.75) is 38.0 Å². The number of benzene rings is 2. The van der Waals surface area contributed by atoms with Crippen LogP contribution in [0.2, 0.25) is 0 Å². The van der Waals surface area contributed by atoms with Crippen LogP contribution in [0, 0.1) is 0 Å². The number of rotatable bonds is 7. The fourth-order valence-electron chi connectivity index (χ4n) is 3.64. The molecule has 1 aliphatic carbocycles. The molecule has 0 saturated heterocycles. The summed E-state index contributed by atoms with van der Waals surface area (Å²) in [5, 5.41) is 0. The van der Waals surface area contributed by atoms with Crippen molar-refractivity contribution in [2.75, 3.05) is 20.8 Å². The van der Waals surface area contributed by atoms with Crippen LogP contribution in [-0.2, 0) is 4.74 Å². The number of ketones is 1. The van der Waals surface area contributed by atoms with Crippen molar-refractivity contribution in [3.8, 4) is 11.5 Å². The highest BCUT2D eigenvalue weighted by Crippen LogP contribution is 2.32. The molecule has 0 aliphatic heterocycles. The second-order valence-electron chi connectivity index (χ2n) is 7.02. The van der Waals surface area contributed by atoms with E-state index in [1.165, 1.54) is 58.0 Å². The maximum Gasteiger partial charge on any atom is 0.342 e. The van der Waals surface area contributed by atoms with Gasteiger partial charge in [0.25, 0.3) is 0 Å². The van der Waals surface area contributed by atoms with Gasteiger partial charge < -0.3 is 14.2 Å². The Bertz CT molecular complexity index is 819. The van der Waals surface area contributed by atoms with E-state index in [1.54, 1.807) is 12.1 Å². The molecule has 0 atom stereocenters. The molecule has 28 heavy (non-hydrogen) atoms. The Morgan fingerprint density at radius 3 is 2.29 bits per heavy atom. The lowest BCUT2D eigenvalue weighted by Crippen LogP contribution is -2.15. The third-order valence-corrected chi connectivity index (χ3v) is 5.27. The topological polar surface area (TPSA) is 61.8 Å². The molecule has 5 heteroatoms. The predicted octanol–water partition coefficient (Wildman–Crippen LogP) is 4.79. The van der Waals surface area contributed by atoms with E-state index in [-0.39, 0.29) is 18.0 Å². The summed E-state index contributed by atoms with van der Waals surface area (Å²) < 4.78 is 15.5. The van der Waals surface area contributed by atoms with Crippen LogP contribution >= 0.6 is 0 Å². The van der Waals surface area contributed by atoms with Crippen LogP contribution in [-0.4, -0.2) is 32.6 Å². The second kappa shape index (κ2) is 9.40. The molecule has 0 radical (unpaired) electrons. The number of hydrogen-bond donors (Lipinski definition) is 0. The van der Waals surface area contributed by atoms with Gasteiger partial charge in [0.15, 0.2) is 12.4 Å². The Labute approximate surface area is 165 Å². The summed E-state index contributed by atoms with van der Waals surface area (Å²) in [6.45, 7) is -0.317. The SMILES string of the molecule is COc1ccc(OC)c(C(=O)OCC(=O)c2ccc(C3CCCCC3)cc2)c1. The molecule has 0 heterocycles. The zero-order chi connectivity index (χ0) is 19.9. The number of hydrogen-bond acceptors (Lipinski definition) is 5. The Hall–Kier alpha value is -2.82. The highest BCUT2D eigenvalue weighted by atomic mass is 16.5. The van der Waals surface area contributed by atoms with E-state index in [0.29, 0.717) is 23.0 Å². The molecule has 1 saturated carbocycles. The second-order valence-corrected chi connectivity index (χ2v) is 7.02. The fraction of sp³-hybridized carbons (Fsp3) is 0.391. The molecule has 2 aromatic rings. The first kappa shape index (κ1) is 19.9. The van der Waals surface area contributed by atoms with Crippen molar-refractivity contribution < 1.29 is 23.8 Å². The van der Waals surface area contributed by atoms with E-state index in [0.717, 1.165) is 0 Å². The van der Waals surface area contributed by atoms with E-state index in [4.69, 9.17) is 14.2 Å². The van der Waals surface area contributed by atoms with Crippen molar-refractivity contribution in [1.29, 1.82) is 0 Å². The van der Waals surface area contributed by atoms with Gasteiger partial charge in [0.2, 0.25) is 0 Å². The van der Waals surface area contributed by atoms with Gasteiger partial charge in [-0.05, 0) is 42.5 Å². The van der Waals surface area contributed by atoms with E-state index < -0.39 is 5.97 Å². The minimum Gasteiger partial charge on any atom is -0.497 e. The van der Waals surface area contributed by atoms with Gasteiger partial charge in [-0.3, -0.25) is 4.79 Å². The number of carbonyl (C=O) groups excluding carboxylic acids is 2. The van der Waals surface area contributed by atoms with Gasteiger partial charge >= 0.3 is 5.97 Å². The van der Waals surface area contributed by atoms with Crippen molar-refractivity contribution in [2.24, 2.45) is 0 Å². The summed E-state index contributed by atoms with van der Waals surface area (Å²) in [5.41, 5.74) is 2.06. The minimum absolute atomic E-state index is 0.224. The zero-order valence-electron chi connectivity index (χ0n) is 16.4. The molecule has 0 N–H and O–H groups in total.